The zero-order valence-corrected chi connectivity index (χ0v) is 15.6. The van der Waals surface area contributed by atoms with Crippen LogP contribution in [0.1, 0.15) is 28.5 Å². The zero-order valence-electron chi connectivity index (χ0n) is 15.6. The summed E-state index contributed by atoms with van der Waals surface area (Å²) >= 11 is 0. The van der Waals surface area contributed by atoms with E-state index in [9.17, 15) is 4.79 Å². The van der Waals surface area contributed by atoms with Crippen molar-refractivity contribution in [1.82, 2.24) is 15.2 Å². The molecular formula is C21H23N5O. The van der Waals surface area contributed by atoms with Crippen molar-refractivity contribution < 1.29 is 4.79 Å². The number of hydrogen-bond acceptors (Lipinski definition) is 5. The highest BCUT2D eigenvalue weighted by atomic mass is 16.1. The Kier molecular flexibility index (Phi) is 6.10. The normalized spacial score (nSPS) is 10.4. The first-order valence-corrected chi connectivity index (χ1v) is 9.00. The van der Waals surface area contributed by atoms with Gasteiger partial charge in [0.1, 0.15) is 0 Å². The monoisotopic (exact) mass is 361 g/mol. The highest BCUT2D eigenvalue weighted by Gasteiger charge is 2.11. The van der Waals surface area contributed by atoms with Crippen LogP contribution >= 0.6 is 0 Å². The molecule has 2 heterocycles. The third-order valence-electron chi connectivity index (χ3n) is 4.41. The average Bonchev–Trinajstić information content (AvgIpc) is 2.73. The first-order chi connectivity index (χ1) is 13.2. The van der Waals surface area contributed by atoms with E-state index in [1.54, 1.807) is 18.5 Å². The topological polar surface area (TPSA) is 71.0 Å². The maximum atomic E-state index is 12.4. The van der Waals surface area contributed by atoms with E-state index in [-0.39, 0.29) is 5.91 Å². The van der Waals surface area contributed by atoms with E-state index in [1.807, 2.05) is 54.4 Å². The lowest BCUT2D eigenvalue weighted by Gasteiger charge is -2.17. The van der Waals surface area contributed by atoms with Gasteiger partial charge in [-0.05, 0) is 54.3 Å². The van der Waals surface area contributed by atoms with Gasteiger partial charge < -0.3 is 10.2 Å². The van der Waals surface area contributed by atoms with Crippen molar-refractivity contribution in [3.05, 3.63) is 77.7 Å². The molecule has 6 nitrogen and oxygen atoms in total. The maximum Gasteiger partial charge on any atom is 0.276 e. The predicted molar refractivity (Wildman–Crippen MR) is 107 cm³/mol. The number of carbonyl (C=O) groups is 1. The quantitative estimate of drug-likeness (QED) is 0.699. The number of nitrogens with one attached hydrogen (secondary N) is 1. The number of para-hydroxylation sites is 1. The van der Waals surface area contributed by atoms with Gasteiger partial charge in [-0.25, -0.2) is 0 Å². The molecule has 6 heteroatoms. The third-order valence-corrected chi connectivity index (χ3v) is 4.41. The first-order valence-electron chi connectivity index (χ1n) is 9.00. The molecule has 3 aromatic rings. The van der Waals surface area contributed by atoms with Crippen LogP contribution in [0.15, 0.2) is 60.9 Å². The van der Waals surface area contributed by atoms with Crippen molar-refractivity contribution in [3.8, 4) is 0 Å². The number of hydrogen-bond donors (Lipinski definition) is 1. The number of benzene rings is 1. The first kappa shape index (κ1) is 18.5. The van der Waals surface area contributed by atoms with Gasteiger partial charge in [0.2, 0.25) is 0 Å². The molecule has 0 atom stereocenters. The molecule has 0 saturated heterocycles. The average molecular weight is 361 g/mol. The number of carbonyl (C=O) groups excluding carboxylic acids is 1. The van der Waals surface area contributed by atoms with E-state index in [2.05, 4.69) is 27.4 Å². The minimum atomic E-state index is -0.255. The summed E-state index contributed by atoms with van der Waals surface area (Å²) in [5, 5.41) is 11.2. The van der Waals surface area contributed by atoms with Gasteiger partial charge in [-0.15, -0.1) is 10.2 Å². The van der Waals surface area contributed by atoms with Gasteiger partial charge >= 0.3 is 0 Å². The van der Waals surface area contributed by atoms with Crippen LogP contribution < -0.4 is 10.2 Å². The molecule has 3 rings (SSSR count). The van der Waals surface area contributed by atoms with Crippen LogP contribution in [-0.4, -0.2) is 34.7 Å². The molecule has 1 aromatic carbocycles. The standard InChI is InChI=1S/C21H23N5O/c1-3-17-6-4-5-7-18(17)23-21(27)19-8-9-20(25-24-19)26(2)15-12-16-10-13-22-14-11-16/h4-11,13-14H,3,12,15H2,1-2H3,(H,23,27). The molecule has 0 radical (unpaired) electrons. The molecule has 0 bridgehead atoms. The van der Waals surface area contributed by atoms with Gasteiger partial charge in [0.25, 0.3) is 5.91 Å². The minimum absolute atomic E-state index is 0.255. The lowest BCUT2D eigenvalue weighted by atomic mass is 10.1. The smallest absolute Gasteiger partial charge is 0.276 e. The van der Waals surface area contributed by atoms with Crippen molar-refractivity contribution in [1.29, 1.82) is 0 Å². The summed E-state index contributed by atoms with van der Waals surface area (Å²) in [5.41, 5.74) is 3.42. The summed E-state index contributed by atoms with van der Waals surface area (Å²) in [4.78, 5) is 18.5. The number of rotatable bonds is 7. The molecule has 0 aliphatic heterocycles. The fourth-order valence-electron chi connectivity index (χ4n) is 2.75. The van der Waals surface area contributed by atoms with E-state index in [0.717, 1.165) is 36.5 Å². The second kappa shape index (κ2) is 8.89. The largest absolute Gasteiger partial charge is 0.358 e. The zero-order chi connectivity index (χ0) is 19.1. The predicted octanol–water partition coefficient (Wildman–Crippen LogP) is 3.37. The van der Waals surface area contributed by atoms with Gasteiger partial charge in [0.05, 0.1) is 0 Å². The molecule has 0 aliphatic carbocycles. The molecule has 0 saturated carbocycles. The van der Waals surface area contributed by atoms with Gasteiger partial charge in [-0.1, -0.05) is 25.1 Å². The van der Waals surface area contributed by atoms with Gasteiger partial charge in [-0.2, -0.15) is 0 Å². The van der Waals surface area contributed by atoms with E-state index in [0.29, 0.717) is 5.69 Å². The van der Waals surface area contributed by atoms with Crippen LogP contribution in [0.25, 0.3) is 0 Å². The summed E-state index contributed by atoms with van der Waals surface area (Å²) < 4.78 is 0. The fourth-order valence-corrected chi connectivity index (χ4v) is 2.75. The van der Waals surface area contributed by atoms with E-state index in [4.69, 9.17) is 0 Å². The number of nitrogens with zero attached hydrogens (tertiary/aromatic N) is 4. The van der Waals surface area contributed by atoms with E-state index >= 15 is 0 Å². The minimum Gasteiger partial charge on any atom is -0.358 e. The van der Waals surface area contributed by atoms with E-state index in [1.165, 1.54) is 5.56 Å². The Bertz CT molecular complexity index is 881. The number of anilines is 2. The molecule has 0 spiro atoms. The molecule has 1 amide bonds. The molecule has 0 unspecified atom stereocenters. The fraction of sp³-hybridized carbons (Fsp3) is 0.238. The lowest BCUT2D eigenvalue weighted by Crippen LogP contribution is -2.22. The van der Waals surface area contributed by atoms with Crippen LogP contribution in [0.3, 0.4) is 0 Å². The molecule has 2 aromatic heterocycles. The summed E-state index contributed by atoms with van der Waals surface area (Å²) in [6.45, 7) is 2.86. The van der Waals surface area contributed by atoms with Crippen molar-refractivity contribution in [2.45, 2.75) is 19.8 Å². The number of amides is 1. The van der Waals surface area contributed by atoms with Gasteiger partial charge in [0.15, 0.2) is 11.5 Å². The van der Waals surface area contributed by atoms with Crippen LogP contribution in [-0.2, 0) is 12.8 Å². The Morgan fingerprint density at radius 3 is 2.52 bits per heavy atom. The van der Waals surface area contributed by atoms with Gasteiger partial charge in [-0.3, -0.25) is 9.78 Å². The van der Waals surface area contributed by atoms with Crippen LogP contribution in [0.4, 0.5) is 11.5 Å². The Morgan fingerprint density at radius 1 is 1.04 bits per heavy atom. The Labute approximate surface area is 159 Å². The molecule has 27 heavy (non-hydrogen) atoms. The van der Waals surface area contributed by atoms with E-state index < -0.39 is 0 Å². The number of aryl methyl sites for hydroxylation is 1. The Balaban J connectivity index is 1.61. The molecule has 1 N–H and O–H groups in total. The van der Waals surface area contributed by atoms with Crippen molar-refractivity contribution >= 4 is 17.4 Å². The second-order valence-corrected chi connectivity index (χ2v) is 6.27. The highest BCUT2D eigenvalue weighted by Crippen LogP contribution is 2.16. The highest BCUT2D eigenvalue weighted by molar-refractivity contribution is 6.03. The Morgan fingerprint density at radius 2 is 1.81 bits per heavy atom. The number of aromatic nitrogens is 3. The summed E-state index contributed by atoms with van der Waals surface area (Å²) in [6.07, 6.45) is 5.32. The van der Waals surface area contributed by atoms with Gasteiger partial charge in [0, 0.05) is 31.7 Å². The molecular weight excluding hydrogens is 338 g/mol. The lowest BCUT2D eigenvalue weighted by molar-refractivity contribution is 0.102. The number of likely N-dealkylation sites (N-methyl/N-ethyl adjacent to an activating group) is 1. The van der Waals surface area contributed by atoms with Crippen molar-refractivity contribution in [2.24, 2.45) is 0 Å². The van der Waals surface area contributed by atoms with Crippen molar-refractivity contribution in [3.63, 3.8) is 0 Å². The number of pyridine rings is 1. The van der Waals surface area contributed by atoms with Crippen LogP contribution in [0.2, 0.25) is 0 Å². The SMILES string of the molecule is CCc1ccccc1NC(=O)c1ccc(N(C)CCc2ccncc2)nn1. The molecule has 138 valence electrons. The summed E-state index contributed by atoms with van der Waals surface area (Å²) in [5.74, 6) is 0.476. The third kappa shape index (κ3) is 4.88. The Hall–Kier alpha value is -3.28. The van der Waals surface area contributed by atoms with Crippen molar-refractivity contribution in [2.75, 3.05) is 23.8 Å². The van der Waals surface area contributed by atoms with Crippen LogP contribution in [0, 0.1) is 0 Å². The molecule has 0 aliphatic rings. The van der Waals surface area contributed by atoms with Crippen LogP contribution in [0.5, 0.6) is 0 Å². The molecule has 0 fully saturated rings. The summed E-state index contributed by atoms with van der Waals surface area (Å²) in [6, 6.07) is 15.3. The second-order valence-electron chi connectivity index (χ2n) is 6.27. The maximum absolute atomic E-state index is 12.4. The summed E-state index contributed by atoms with van der Waals surface area (Å²) in [7, 11) is 1.96.